The van der Waals surface area contributed by atoms with Crippen molar-refractivity contribution in [1.82, 2.24) is 18.9 Å². The summed E-state index contributed by atoms with van der Waals surface area (Å²) in [5.74, 6) is 0. The number of hydrogen-bond donors (Lipinski definition) is 1. The molecule has 2 N–H and O–H groups in total. The smallest absolute Gasteiger partial charge is 0.193 e. The average molecular weight is 297 g/mol. The first-order valence-corrected chi connectivity index (χ1v) is 7.77. The lowest BCUT2D eigenvalue weighted by Gasteiger charge is -2.00. The van der Waals surface area contributed by atoms with E-state index in [1.165, 1.54) is 10.9 Å². The van der Waals surface area contributed by atoms with E-state index in [1.807, 2.05) is 23.8 Å². The number of rotatable bonds is 4. The van der Waals surface area contributed by atoms with Crippen molar-refractivity contribution in [2.45, 2.75) is 13.0 Å². The number of aromatic nitrogens is 4. The molecule has 6 heteroatoms. The second kappa shape index (κ2) is 4.98. The summed E-state index contributed by atoms with van der Waals surface area (Å²) >= 11 is 1.65. The standard InChI is InChI=1S/C15H15N5S/c16-4-3-11-8-20(14-13(11)2-1-5-17-14)10-12-9-19-6-7-21-15(19)18-12/h1-2,5-9H,3-4,10,16H2. The fourth-order valence-electron chi connectivity index (χ4n) is 2.70. The Morgan fingerprint density at radius 1 is 1.29 bits per heavy atom. The summed E-state index contributed by atoms with van der Waals surface area (Å²) in [5.41, 5.74) is 9.00. The van der Waals surface area contributed by atoms with Crippen molar-refractivity contribution in [3.8, 4) is 0 Å². The monoisotopic (exact) mass is 297 g/mol. The van der Waals surface area contributed by atoms with Gasteiger partial charge in [-0.1, -0.05) is 0 Å². The molecule has 0 bridgehead atoms. The molecule has 0 spiro atoms. The Kier molecular flexibility index (Phi) is 2.98. The van der Waals surface area contributed by atoms with Crippen molar-refractivity contribution in [2.75, 3.05) is 6.54 Å². The number of pyridine rings is 1. The van der Waals surface area contributed by atoms with E-state index in [9.17, 15) is 0 Å². The predicted molar refractivity (Wildman–Crippen MR) is 84.7 cm³/mol. The largest absolute Gasteiger partial charge is 0.330 e. The van der Waals surface area contributed by atoms with Crippen molar-refractivity contribution in [1.29, 1.82) is 0 Å². The highest BCUT2D eigenvalue weighted by Crippen LogP contribution is 2.21. The molecule has 4 rings (SSSR count). The van der Waals surface area contributed by atoms with Crippen LogP contribution < -0.4 is 5.73 Å². The Morgan fingerprint density at radius 2 is 2.24 bits per heavy atom. The van der Waals surface area contributed by atoms with E-state index in [0.717, 1.165) is 29.3 Å². The zero-order chi connectivity index (χ0) is 14.2. The van der Waals surface area contributed by atoms with Gasteiger partial charge in [0.05, 0.1) is 12.2 Å². The van der Waals surface area contributed by atoms with E-state index < -0.39 is 0 Å². The molecule has 106 valence electrons. The molecule has 4 aromatic rings. The fourth-order valence-corrected chi connectivity index (χ4v) is 3.42. The third-order valence-corrected chi connectivity index (χ3v) is 4.38. The number of nitrogens with two attached hydrogens (primary N) is 1. The van der Waals surface area contributed by atoms with Crippen molar-refractivity contribution in [3.05, 3.63) is 53.6 Å². The molecule has 0 aliphatic heterocycles. The molecule has 0 amide bonds. The number of nitrogens with zero attached hydrogens (tertiary/aromatic N) is 4. The molecule has 0 fully saturated rings. The summed E-state index contributed by atoms with van der Waals surface area (Å²) in [6, 6.07) is 4.08. The molecule has 0 atom stereocenters. The van der Waals surface area contributed by atoms with Gasteiger partial charge in [-0.15, -0.1) is 11.3 Å². The van der Waals surface area contributed by atoms with Gasteiger partial charge >= 0.3 is 0 Å². The SMILES string of the molecule is NCCc1cn(Cc2cn3ccsc3n2)c2ncccc12. The van der Waals surface area contributed by atoms with Gasteiger partial charge in [0.25, 0.3) is 0 Å². The lowest BCUT2D eigenvalue weighted by molar-refractivity contribution is 0.798. The summed E-state index contributed by atoms with van der Waals surface area (Å²) in [6.07, 6.45) is 8.95. The molecule has 4 heterocycles. The van der Waals surface area contributed by atoms with Crippen molar-refractivity contribution in [2.24, 2.45) is 5.73 Å². The maximum Gasteiger partial charge on any atom is 0.193 e. The number of hydrogen-bond acceptors (Lipinski definition) is 4. The van der Waals surface area contributed by atoms with Crippen LogP contribution in [0.15, 0.2) is 42.3 Å². The third kappa shape index (κ3) is 2.12. The fraction of sp³-hybridized carbons (Fsp3) is 0.200. The molecule has 4 aromatic heterocycles. The molecule has 0 saturated carbocycles. The first-order valence-electron chi connectivity index (χ1n) is 6.89. The van der Waals surface area contributed by atoms with Crippen LogP contribution in [0.2, 0.25) is 0 Å². The summed E-state index contributed by atoms with van der Waals surface area (Å²) in [4.78, 5) is 10.2. The van der Waals surface area contributed by atoms with Gasteiger partial charge in [-0.3, -0.25) is 4.40 Å². The van der Waals surface area contributed by atoms with E-state index >= 15 is 0 Å². The van der Waals surface area contributed by atoms with Gasteiger partial charge in [-0.05, 0) is 30.7 Å². The lowest BCUT2D eigenvalue weighted by Crippen LogP contribution is -2.02. The second-order valence-electron chi connectivity index (χ2n) is 5.02. The molecular formula is C15H15N5S. The van der Waals surface area contributed by atoms with Crippen molar-refractivity contribution in [3.63, 3.8) is 0 Å². The maximum atomic E-state index is 5.71. The zero-order valence-corrected chi connectivity index (χ0v) is 12.3. The minimum atomic E-state index is 0.647. The van der Waals surface area contributed by atoms with Gasteiger partial charge in [-0.2, -0.15) is 0 Å². The molecule has 0 aliphatic rings. The van der Waals surface area contributed by atoms with E-state index in [4.69, 9.17) is 5.73 Å². The summed E-state index contributed by atoms with van der Waals surface area (Å²) < 4.78 is 4.21. The van der Waals surface area contributed by atoms with Crippen LogP contribution in [0.25, 0.3) is 16.0 Å². The van der Waals surface area contributed by atoms with Gasteiger partial charge in [-0.25, -0.2) is 9.97 Å². The highest BCUT2D eigenvalue weighted by Gasteiger charge is 2.10. The summed E-state index contributed by atoms with van der Waals surface area (Å²) in [5, 5.41) is 3.22. The molecule has 0 saturated heterocycles. The van der Waals surface area contributed by atoms with Gasteiger partial charge in [0, 0.05) is 35.6 Å². The van der Waals surface area contributed by atoms with Crippen LogP contribution in [0.4, 0.5) is 0 Å². The molecule has 21 heavy (non-hydrogen) atoms. The first-order chi connectivity index (χ1) is 10.3. The molecule has 0 aromatic carbocycles. The van der Waals surface area contributed by atoms with E-state index in [-0.39, 0.29) is 0 Å². The van der Waals surface area contributed by atoms with E-state index in [1.54, 1.807) is 11.3 Å². The first kappa shape index (κ1) is 12.6. The van der Waals surface area contributed by atoms with Gasteiger partial charge in [0.1, 0.15) is 5.65 Å². The predicted octanol–water partition coefficient (Wildman–Crippen LogP) is 2.29. The Labute approximate surface area is 125 Å². The van der Waals surface area contributed by atoms with Crippen LogP contribution in [-0.2, 0) is 13.0 Å². The van der Waals surface area contributed by atoms with Crippen LogP contribution in [0.3, 0.4) is 0 Å². The van der Waals surface area contributed by atoms with Gasteiger partial charge in [0.2, 0.25) is 0 Å². The lowest BCUT2D eigenvalue weighted by atomic mass is 10.2. The Balaban J connectivity index is 1.77. The molecule has 5 nitrogen and oxygen atoms in total. The highest BCUT2D eigenvalue weighted by atomic mass is 32.1. The van der Waals surface area contributed by atoms with Crippen LogP contribution in [0.5, 0.6) is 0 Å². The second-order valence-corrected chi connectivity index (χ2v) is 5.89. The molecule has 0 radical (unpaired) electrons. The number of fused-ring (bicyclic) bond motifs is 2. The van der Waals surface area contributed by atoms with E-state index in [2.05, 4.69) is 37.4 Å². The molecule has 0 unspecified atom stereocenters. The molecule has 0 aliphatic carbocycles. The third-order valence-electron chi connectivity index (χ3n) is 3.61. The summed E-state index contributed by atoms with van der Waals surface area (Å²) in [7, 11) is 0. The van der Waals surface area contributed by atoms with Crippen LogP contribution in [0.1, 0.15) is 11.3 Å². The Hall–Kier alpha value is -2.18. The Morgan fingerprint density at radius 3 is 3.10 bits per heavy atom. The quantitative estimate of drug-likeness (QED) is 0.628. The average Bonchev–Trinajstić information content (AvgIpc) is 3.15. The van der Waals surface area contributed by atoms with Crippen LogP contribution >= 0.6 is 11.3 Å². The Bertz CT molecular complexity index is 873. The normalized spacial score (nSPS) is 11.7. The highest BCUT2D eigenvalue weighted by molar-refractivity contribution is 7.15. The summed E-state index contributed by atoms with van der Waals surface area (Å²) in [6.45, 7) is 1.38. The van der Waals surface area contributed by atoms with Crippen molar-refractivity contribution < 1.29 is 0 Å². The van der Waals surface area contributed by atoms with Crippen molar-refractivity contribution >= 4 is 27.3 Å². The van der Waals surface area contributed by atoms with Gasteiger partial charge < -0.3 is 10.3 Å². The topological polar surface area (TPSA) is 61.1 Å². The maximum absolute atomic E-state index is 5.71. The number of thiazole rings is 1. The van der Waals surface area contributed by atoms with Crippen LogP contribution in [0, 0.1) is 0 Å². The zero-order valence-electron chi connectivity index (χ0n) is 11.4. The number of imidazole rings is 1. The minimum absolute atomic E-state index is 0.647. The molecular weight excluding hydrogens is 282 g/mol. The van der Waals surface area contributed by atoms with Gasteiger partial charge in [0.15, 0.2) is 4.96 Å². The van der Waals surface area contributed by atoms with Crippen LogP contribution in [-0.4, -0.2) is 25.5 Å². The minimum Gasteiger partial charge on any atom is -0.330 e. The van der Waals surface area contributed by atoms with E-state index in [0.29, 0.717) is 6.54 Å².